The summed E-state index contributed by atoms with van der Waals surface area (Å²) in [6.45, 7) is 0.515. The summed E-state index contributed by atoms with van der Waals surface area (Å²) in [6, 6.07) is 13.5. The average molecular weight is 319 g/mol. The second-order valence-corrected chi connectivity index (χ2v) is 5.75. The van der Waals surface area contributed by atoms with Gasteiger partial charge in [-0.05, 0) is 36.4 Å². The van der Waals surface area contributed by atoms with Crippen LogP contribution < -0.4 is 5.32 Å². The molecule has 24 heavy (non-hydrogen) atoms. The molecule has 3 aromatic heterocycles. The molecule has 120 valence electrons. The van der Waals surface area contributed by atoms with Gasteiger partial charge in [-0.15, -0.1) is 10.2 Å². The molecule has 3 heterocycles. The number of hydrogen-bond acceptors (Lipinski definition) is 3. The van der Waals surface area contributed by atoms with Gasteiger partial charge in [0.05, 0.1) is 0 Å². The molecule has 0 bridgehead atoms. The Balaban J connectivity index is 1.44. The smallest absolute Gasteiger partial charge is 0.251 e. The second-order valence-electron chi connectivity index (χ2n) is 5.75. The van der Waals surface area contributed by atoms with Gasteiger partial charge in [0, 0.05) is 48.9 Å². The number of nitrogens with zero attached hydrogens (tertiary/aromatic N) is 4. The molecule has 1 amide bonds. The van der Waals surface area contributed by atoms with Gasteiger partial charge in [-0.2, -0.15) is 0 Å². The Labute approximate surface area is 138 Å². The normalized spacial score (nSPS) is 11.2. The van der Waals surface area contributed by atoms with E-state index in [9.17, 15) is 4.79 Å². The van der Waals surface area contributed by atoms with Crippen LogP contribution in [0.5, 0.6) is 0 Å². The number of pyridine rings is 1. The van der Waals surface area contributed by atoms with Crippen LogP contribution in [0.2, 0.25) is 0 Å². The summed E-state index contributed by atoms with van der Waals surface area (Å²) in [7, 11) is 1.99. The van der Waals surface area contributed by atoms with Crippen LogP contribution in [0.15, 0.2) is 54.9 Å². The molecule has 4 aromatic rings. The van der Waals surface area contributed by atoms with E-state index in [1.807, 2.05) is 70.9 Å². The van der Waals surface area contributed by atoms with E-state index in [0.29, 0.717) is 18.5 Å². The highest BCUT2D eigenvalue weighted by Gasteiger charge is 2.09. The van der Waals surface area contributed by atoms with Gasteiger partial charge in [0.15, 0.2) is 5.65 Å². The third kappa shape index (κ3) is 2.52. The summed E-state index contributed by atoms with van der Waals surface area (Å²) < 4.78 is 3.97. The Bertz CT molecular complexity index is 1030. The van der Waals surface area contributed by atoms with Crippen LogP contribution >= 0.6 is 0 Å². The topological polar surface area (TPSA) is 64.2 Å². The van der Waals surface area contributed by atoms with Gasteiger partial charge < -0.3 is 9.88 Å². The summed E-state index contributed by atoms with van der Waals surface area (Å²) in [5.41, 5.74) is 2.59. The van der Waals surface area contributed by atoms with E-state index >= 15 is 0 Å². The summed E-state index contributed by atoms with van der Waals surface area (Å²) >= 11 is 0. The number of carbonyl (C=O) groups excluding carboxylic acids is 1. The van der Waals surface area contributed by atoms with Crippen LogP contribution in [0.4, 0.5) is 0 Å². The average Bonchev–Trinajstić information content (AvgIpc) is 3.19. The Kier molecular flexibility index (Phi) is 3.49. The fourth-order valence-electron chi connectivity index (χ4n) is 2.87. The molecule has 0 radical (unpaired) electrons. The molecule has 1 N–H and O–H groups in total. The van der Waals surface area contributed by atoms with Crippen molar-refractivity contribution >= 4 is 22.5 Å². The van der Waals surface area contributed by atoms with Crippen molar-refractivity contribution in [2.45, 2.75) is 6.42 Å². The molecule has 6 nitrogen and oxygen atoms in total. The number of nitrogens with one attached hydrogen (secondary N) is 1. The minimum Gasteiger partial charge on any atom is -0.352 e. The summed E-state index contributed by atoms with van der Waals surface area (Å²) in [4.78, 5) is 12.3. The Hall–Kier alpha value is -3.15. The van der Waals surface area contributed by atoms with Gasteiger partial charge in [0.2, 0.25) is 0 Å². The number of hydrogen-bond donors (Lipinski definition) is 1. The molecule has 0 spiro atoms. The fraction of sp³-hybridized carbons (Fsp3) is 0.167. The number of benzene rings is 1. The van der Waals surface area contributed by atoms with Gasteiger partial charge in [-0.25, -0.2) is 0 Å². The second kappa shape index (κ2) is 5.81. The monoisotopic (exact) mass is 319 g/mol. The van der Waals surface area contributed by atoms with Crippen LogP contribution in [0.25, 0.3) is 16.6 Å². The quantitative estimate of drug-likeness (QED) is 0.627. The maximum Gasteiger partial charge on any atom is 0.251 e. The van der Waals surface area contributed by atoms with Crippen LogP contribution in [-0.2, 0) is 13.5 Å². The van der Waals surface area contributed by atoms with Gasteiger partial charge >= 0.3 is 0 Å². The number of aryl methyl sites for hydroxylation is 1. The highest BCUT2D eigenvalue weighted by Crippen LogP contribution is 2.16. The first-order valence-electron chi connectivity index (χ1n) is 7.84. The lowest BCUT2D eigenvalue weighted by molar-refractivity contribution is 0.0954. The zero-order chi connectivity index (χ0) is 16.5. The number of carbonyl (C=O) groups is 1. The standard InChI is InChI=1S/C18H17N5O/c1-22-11-8-13-12-14(5-6-15(13)22)18(24)19-9-7-17-21-20-16-4-2-3-10-23(16)17/h2-6,8,10-12H,7,9H2,1H3,(H,19,24). The first-order valence-corrected chi connectivity index (χ1v) is 7.84. The first kappa shape index (κ1) is 14.4. The fourth-order valence-corrected chi connectivity index (χ4v) is 2.87. The minimum absolute atomic E-state index is 0.0745. The number of fused-ring (bicyclic) bond motifs is 2. The minimum atomic E-state index is -0.0745. The third-order valence-corrected chi connectivity index (χ3v) is 4.17. The largest absolute Gasteiger partial charge is 0.352 e. The molecule has 4 rings (SSSR count). The van der Waals surface area contributed by atoms with E-state index in [2.05, 4.69) is 15.5 Å². The molecule has 0 aliphatic carbocycles. The van der Waals surface area contributed by atoms with E-state index in [0.717, 1.165) is 22.4 Å². The van der Waals surface area contributed by atoms with Crippen molar-refractivity contribution in [2.75, 3.05) is 6.54 Å². The van der Waals surface area contributed by atoms with Crippen molar-refractivity contribution in [3.8, 4) is 0 Å². The van der Waals surface area contributed by atoms with E-state index in [-0.39, 0.29) is 5.91 Å². The number of aromatic nitrogens is 4. The lowest BCUT2D eigenvalue weighted by Gasteiger charge is -2.05. The lowest BCUT2D eigenvalue weighted by atomic mass is 10.1. The van der Waals surface area contributed by atoms with Gasteiger partial charge in [-0.3, -0.25) is 9.20 Å². The summed E-state index contributed by atoms with van der Waals surface area (Å²) in [5.74, 6) is 0.763. The maximum atomic E-state index is 12.3. The van der Waals surface area contributed by atoms with Gasteiger partial charge in [-0.1, -0.05) is 6.07 Å². The van der Waals surface area contributed by atoms with Crippen molar-refractivity contribution in [3.63, 3.8) is 0 Å². The van der Waals surface area contributed by atoms with Crippen LogP contribution in [0.3, 0.4) is 0 Å². The Morgan fingerprint density at radius 2 is 2.04 bits per heavy atom. The van der Waals surface area contributed by atoms with Crippen molar-refractivity contribution in [3.05, 3.63) is 66.2 Å². The van der Waals surface area contributed by atoms with Crippen LogP contribution in [0.1, 0.15) is 16.2 Å². The van der Waals surface area contributed by atoms with Crippen molar-refractivity contribution in [1.82, 2.24) is 24.5 Å². The number of amides is 1. The molecular formula is C18H17N5O. The zero-order valence-electron chi connectivity index (χ0n) is 13.3. The van der Waals surface area contributed by atoms with E-state index in [4.69, 9.17) is 0 Å². The van der Waals surface area contributed by atoms with Gasteiger partial charge in [0.25, 0.3) is 5.91 Å². The molecule has 0 aliphatic heterocycles. The third-order valence-electron chi connectivity index (χ3n) is 4.17. The first-order chi connectivity index (χ1) is 11.7. The molecule has 0 saturated carbocycles. The molecule has 0 saturated heterocycles. The molecule has 0 unspecified atom stereocenters. The molecular weight excluding hydrogens is 302 g/mol. The van der Waals surface area contributed by atoms with E-state index < -0.39 is 0 Å². The van der Waals surface area contributed by atoms with Crippen molar-refractivity contribution in [1.29, 1.82) is 0 Å². The Morgan fingerprint density at radius 1 is 1.12 bits per heavy atom. The molecule has 6 heteroatoms. The molecule has 0 atom stereocenters. The molecule has 0 fully saturated rings. The summed E-state index contributed by atoms with van der Waals surface area (Å²) in [6.07, 6.45) is 4.54. The van der Waals surface area contributed by atoms with Gasteiger partial charge in [0.1, 0.15) is 5.82 Å². The highest BCUT2D eigenvalue weighted by molar-refractivity contribution is 5.98. The van der Waals surface area contributed by atoms with Crippen LogP contribution in [0, 0.1) is 0 Å². The SMILES string of the molecule is Cn1ccc2cc(C(=O)NCCc3nnc4ccccn34)ccc21. The lowest BCUT2D eigenvalue weighted by Crippen LogP contribution is -2.26. The van der Waals surface area contributed by atoms with Crippen LogP contribution in [-0.4, -0.2) is 31.6 Å². The van der Waals surface area contributed by atoms with Crippen molar-refractivity contribution in [2.24, 2.45) is 7.05 Å². The number of rotatable bonds is 4. The highest BCUT2D eigenvalue weighted by atomic mass is 16.1. The predicted molar refractivity (Wildman–Crippen MR) is 91.9 cm³/mol. The van der Waals surface area contributed by atoms with E-state index in [1.165, 1.54) is 0 Å². The Morgan fingerprint density at radius 3 is 2.96 bits per heavy atom. The zero-order valence-corrected chi connectivity index (χ0v) is 13.3. The maximum absolute atomic E-state index is 12.3. The van der Waals surface area contributed by atoms with E-state index in [1.54, 1.807) is 0 Å². The molecule has 1 aromatic carbocycles. The predicted octanol–water partition coefficient (Wildman–Crippen LogP) is 2.19. The van der Waals surface area contributed by atoms with Crippen molar-refractivity contribution < 1.29 is 4.79 Å². The molecule has 0 aliphatic rings. The summed E-state index contributed by atoms with van der Waals surface area (Å²) in [5, 5.41) is 12.3.